The van der Waals surface area contributed by atoms with Crippen molar-refractivity contribution in [2.45, 2.75) is 38.5 Å². The monoisotopic (exact) mass is 206 g/mol. The fourth-order valence-corrected chi connectivity index (χ4v) is 1.73. The average Bonchev–Trinajstić information content (AvgIpc) is 2.69. The number of rotatable bonds is 1. The van der Waals surface area contributed by atoms with Crippen molar-refractivity contribution in [1.29, 1.82) is 0 Å². The molecule has 1 unspecified atom stereocenters. The molecule has 1 aliphatic heterocycles. The summed E-state index contributed by atoms with van der Waals surface area (Å²) < 4.78 is 0. The number of nitrogens with zero attached hydrogens (tertiary/aromatic N) is 3. The van der Waals surface area contributed by atoms with Crippen LogP contribution in [0.25, 0.3) is 0 Å². The van der Waals surface area contributed by atoms with Gasteiger partial charge in [-0.25, -0.2) is 4.98 Å². The largest absolute Gasteiger partial charge is 0.316 e. The minimum atomic E-state index is 0.0523. The Morgan fingerprint density at radius 3 is 2.80 bits per heavy atom. The maximum atomic E-state index is 4.61. The molecule has 0 aromatic carbocycles. The van der Waals surface area contributed by atoms with Crippen LogP contribution in [0.2, 0.25) is 0 Å². The molecule has 0 spiro atoms. The van der Waals surface area contributed by atoms with Gasteiger partial charge in [-0.2, -0.15) is 5.10 Å². The van der Waals surface area contributed by atoms with Crippen LogP contribution in [-0.2, 0) is 5.41 Å². The van der Waals surface area contributed by atoms with Crippen LogP contribution < -0.4 is 5.32 Å². The quantitative estimate of drug-likeness (QED) is 0.751. The molecule has 15 heavy (non-hydrogen) atoms. The summed E-state index contributed by atoms with van der Waals surface area (Å²) in [7, 11) is 0. The Morgan fingerprint density at radius 1 is 1.40 bits per heavy atom. The van der Waals surface area contributed by atoms with Crippen LogP contribution in [0, 0.1) is 0 Å². The maximum absolute atomic E-state index is 4.61. The van der Waals surface area contributed by atoms with Gasteiger partial charge in [0, 0.05) is 17.9 Å². The van der Waals surface area contributed by atoms with E-state index in [1.54, 1.807) is 6.20 Å². The highest BCUT2D eigenvalue weighted by atomic mass is 15.2. The van der Waals surface area contributed by atoms with Crippen molar-refractivity contribution >= 4 is 0 Å². The summed E-state index contributed by atoms with van der Waals surface area (Å²) in [5.41, 5.74) is 1.08. The van der Waals surface area contributed by atoms with Crippen LogP contribution in [-0.4, -0.2) is 28.3 Å². The van der Waals surface area contributed by atoms with Gasteiger partial charge in [0.1, 0.15) is 0 Å². The summed E-state index contributed by atoms with van der Waals surface area (Å²) in [4.78, 5) is 4.61. The molecule has 1 aliphatic rings. The van der Waals surface area contributed by atoms with E-state index in [1.807, 2.05) is 0 Å². The van der Waals surface area contributed by atoms with Crippen molar-refractivity contribution in [3.05, 3.63) is 17.7 Å². The topological polar surface area (TPSA) is 50.7 Å². The number of nitrogens with one attached hydrogen (secondary N) is 1. The molecule has 1 aromatic rings. The lowest BCUT2D eigenvalue weighted by atomic mass is 9.92. The minimum absolute atomic E-state index is 0.0523. The van der Waals surface area contributed by atoms with Gasteiger partial charge in [0.05, 0.1) is 11.9 Å². The molecule has 82 valence electrons. The summed E-state index contributed by atoms with van der Waals surface area (Å²) >= 11 is 0. The Balaban J connectivity index is 2.26. The van der Waals surface area contributed by atoms with Crippen molar-refractivity contribution in [3.63, 3.8) is 0 Å². The first kappa shape index (κ1) is 10.5. The van der Waals surface area contributed by atoms with E-state index < -0.39 is 0 Å². The van der Waals surface area contributed by atoms with Gasteiger partial charge < -0.3 is 5.32 Å². The van der Waals surface area contributed by atoms with E-state index in [0.717, 1.165) is 31.0 Å². The second-order valence-corrected chi connectivity index (χ2v) is 5.14. The van der Waals surface area contributed by atoms with Crippen molar-refractivity contribution in [2.75, 3.05) is 13.1 Å². The Bertz CT molecular complexity index is 337. The Labute approximate surface area is 90.5 Å². The first-order valence-electron chi connectivity index (χ1n) is 5.48. The van der Waals surface area contributed by atoms with E-state index in [4.69, 9.17) is 0 Å². The molecular weight excluding hydrogens is 188 g/mol. The Morgan fingerprint density at radius 2 is 2.20 bits per heavy atom. The summed E-state index contributed by atoms with van der Waals surface area (Å²) in [6, 6.07) is 0. The number of aromatic nitrogens is 3. The molecule has 1 saturated heterocycles. The third-order valence-electron chi connectivity index (χ3n) is 2.77. The summed E-state index contributed by atoms with van der Waals surface area (Å²) in [6.45, 7) is 8.48. The van der Waals surface area contributed by atoms with Crippen LogP contribution in [0.5, 0.6) is 0 Å². The van der Waals surface area contributed by atoms with Crippen molar-refractivity contribution in [2.24, 2.45) is 0 Å². The highest BCUT2D eigenvalue weighted by Crippen LogP contribution is 2.22. The third-order valence-corrected chi connectivity index (χ3v) is 2.77. The van der Waals surface area contributed by atoms with Gasteiger partial charge in [-0.05, 0) is 13.0 Å². The number of hydrogen-bond acceptors (Lipinski definition) is 4. The van der Waals surface area contributed by atoms with Crippen LogP contribution in [0.3, 0.4) is 0 Å². The first-order chi connectivity index (χ1) is 7.07. The van der Waals surface area contributed by atoms with Crippen molar-refractivity contribution < 1.29 is 0 Å². The van der Waals surface area contributed by atoms with Crippen LogP contribution in [0.15, 0.2) is 6.20 Å². The second kappa shape index (κ2) is 3.85. The van der Waals surface area contributed by atoms with Gasteiger partial charge >= 0.3 is 0 Å². The Hall–Kier alpha value is -1.03. The average molecular weight is 206 g/mol. The van der Waals surface area contributed by atoms with E-state index in [-0.39, 0.29) is 5.41 Å². The van der Waals surface area contributed by atoms with Gasteiger partial charge in [0.2, 0.25) is 0 Å². The zero-order chi connectivity index (χ0) is 10.9. The molecule has 4 nitrogen and oxygen atoms in total. The zero-order valence-corrected chi connectivity index (χ0v) is 9.62. The van der Waals surface area contributed by atoms with Crippen LogP contribution in [0.1, 0.15) is 44.6 Å². The van der Waals surface area contributed by atoms with Crippen molar-refractivity contribution in [1.82, 2.24) is 20.5 Å². The SMILES string of the molecule is CC(C)(C)c1cnnc(C2CCNC2)n1. The maximum Gasteiger partial charge on any atom is 0.155 e. The van der Waals surface area contributed by atoms with Crippen molar-refractivity contribution in [3.8, 4) is 0 Å². The van der Waals surface area contributed by atoms with Crippen LogP contribution >= 0.6 is 0 Å². The van der Waals surface area contributed by atoms with E-state index in [0.29, 0.717) is 5.92 Å². The lowest BCUT2D eigenvalue weighted by molar-refractivity contribution is 0.544. The van der Waals surface area contributed by atoms with Gasteiger partial charge in [-0.15, -0.1) is 5.10 Å². The molecule has 0 amide bonds. The highest BCUT2D eigenvalue weighted by molar-refractivity contribution is 5.10. The van der Waals surface area contributed by atoms with Gasteiger partial charge in [-0.3, -0.25) is 0 Å². The van der Waals surface area contributed by atoms with E-state index in [9.17, 15) is 0 Å². The molecule has 2 heterocycles. The minimum Gasteiger partial charge on any atom is -0.316 e. The second-order valence-electron chi connectivity index (χ2n) is 5.14. The molecular formula is C11H18N4. The summed E-state index contributed by atoms with van der Waals surface area (Å²) in [5.74, 6) is 1.34. The lowest BCUT2D eigenvalue weighted by Gasteiger charge is -2.18. The molecule has 1 atom stereocenters. The fourth-order valence-electron chi connectivity index (χ4n) is 1.73. The van der Waals surface area contributed by atoms with E-state index in [1.165, 1.54) is 0 Å². The molecule has 1 fully saturated rings. The number of hydrogen-bond donors (Lipinski definition) is 1. The normalized spacial score (nSPS) is 21.9. The summed E-state index contributed by atoms with van der Waals surface area (Å²) in [5, 5.41) is 11.5. The molecule has 0 bridgehead atoms. The fraction of sp³-hybridized carbons (Fsp3) is 0.727. The molecule has 0 aliphatic carbocycles. The molecule has 4 heteroatoms. The summed E-state index contributed by atoms with van der Waals surface area (Å²) in [6.07, 6.45) is 2.89. The molecule has 0 radical (unpaired) electrons. The zero-order valence-electron chi connectivity index (χ0n) is 9.62. The first-order valence-corrected chi connectivity index (χ1v) is 5.48. The molecule has 1 N–H and O–H groups in total. The van der Waals surface area contributed by atoms with Gasteiger partial charge in [0.15, 0.2) is 5.82 Å². The van der Waals surface area contributed by atoms with Crippen LogP contribution in [0.4, 0.5) is 0 Å². The highest BCUT2D eigenvalue weighted by Gasteiger charge is 2.22. The Kier molecular flexibility index (Phi) is 2.69. The molecule has 0 saturated carbocycles. The smallest absolute Gasteiger partial charge is 0.155 e. The standard InChI is InChI=1S/C11H18N4/c1-11(2,3)9-7-13-15-10(14-9)8-4-5-12-6-8/h7-8,12H,4-6H2,1-3H3. The molecule has 2 rings (SSSR count). The molecule has 1 aromatic heterocycles. The van der Waals surface area contributed by atoms with E-state index in [2.05, 4.69) is 41.3 Å². The van der Waals surface area contributed by atoms with Gasteiger partial charge in [-0.1, -0.05) is 20.8 Å². The lowest BCUT2D eigenvalue weighted by Crippen LogP contribution is -2.18. The van der Waals surface area contributed by atoms with E-state index >= 15 is 0 Å². The predicted octanol–water partition coefficient (Wildman–Crippen LogP) is 1.25. The van der Waals surface area contributed by atoms with Gasteiger partial charge in [0.25, 0.3) is 0 Å². The predicted molar refractivity (Wildman–Crippen MR) is 58.8 cm³/mol. The third kappa shape index (κ3) is 2.31.